The Bertz CT molecular complexity index is 519. The van der Waals surface area contributed by atoms with Crippen molar-refractivity contribution in [2.75, 3.05) is 7.05 Å². The Morgan fingerprint density at radius 2 is 1.94 bits per heavy atom. The predicted octanol–water partition coefficient (Wildman–Crippen LogP) is 2.10. The number of benzene rings is 1. The van der Waals surface area contributed by atoms with Crippen molar-refractivity contribution in [3.05, 3.63) is 53.3 Å². The number of aromatic nitrogens is 2. The molecule has 94 valence electrons. The molecule has 1 aromatic heterocycles. The number of fused-ring (bicyclic) bond motifs is 1. The molecule has 1 N–H and O–H groups in total. The minimum Gasteiger partial charge on any atom is -0.313 e. The maximum atomic E-state index is 4.28. The van der Waals surface area contributed by atoms with Crippen molar-refractivity contribution in [3.8, 4) is 0 Å². The molecule has 0 saturated heterocycles. The van der Waals surface area contributed by atoms with Crippen LogP contribution in [0.3, 0.4) is 0 Å². The van der Waals surface area contributed by atoms with Crippen LogP contribution in [-0.2, 0) is 19.9 Å². The minimum absolute atomic E-state index is 0.395. The molecule has 1 atom stereocenters. The number of aryl methyl sites for hydroxylation is 1. The van der Waals surface area contributed by atoms with Crippen LogP contribution < -0.4 is 5.32 Å². The van der Waals surface area contributed by atoms with Gasteiger partial charge in [-0.25, -0.2) is 0 Å². The molecule has 1 unspecified atom stereocenters. The fourth-order valence-electron chi connectivity index (χ4n) is 3.10. The maximum absolute atomic E-state index is 4.28. The third-order valence-corrected chi connectivity index (χ3v) is 3.95. The fourth-order valence-corrected chi connectivity index (χ4v) is 3.10. The Kier molecular flexibility index (Phi) is 2.92. The SMILES string of the molecule is CNC(c1cnn(C)c1)C1Cc2ccccc2C1. The lowest BCUT2D eigenvalue weighted by Gasteiger charge is -2.21. The molecule has 0 bridgehead atoms. The summed E-state index contributed by atoms with van der Waals surface area (Å²) in [5, 5.41) is 7.74. The number of nitrogens with one attached hydrogen (secondary N) is 1. The second-order valence-electron chi connectivity index (χ2n) is 5.15. The van der Waals surface area contributed by atoms with Crippen LogP contribution in [0.25, 0.3) is 0 Å². The summed E-state index contributed by atoms with van der Waals surface area (Å²) in [5.41, 5.74) is 4.30. The van der Waals surface area contributed by atoms with Crippen LogP contribution in [0.1, 0.15) is 22.7 Å². The molecule has 3 heteroatoms. The summed E-state index contributed by atoms with van der Waals surface area (Å²) in [6.45, 7) is 0. The first-order chi connectivity index (χ1) is 8.78. The van der Waals surface area contributed by atoms with Gasteiger partial charge in [0.1, 0.15) is 0 Å². The van der Waals surface area contributed by atoms with Gasteiger partial charge in [-0.2, -0.15) is 5.10 Å². The lowest BCUT2D eigenvalue weighted by atomic mass is 9.92. The zero-order valence-corrected chi connectivity index (χ0v) is 10.9. The molecular formula is C15H19N3. The van der Waals surface area contributed by atoms with Gasteiger partial charge in [-0.15, -0.1) is 0 Å². The van der Waals surface area contributed by atoms with Gasteiger partial charge in [0.15, 0.2) is 0 Å². The number of hydrogen-bond acceptors (Lipinski definition) is 2. The zero-order valence-electron chi connectivity index (χ0n) is 10.9. The normalized spacial score (nSPS) is 16.8. The monoisotopic (exact) mass is 241 g/mol. The average Bonchev–Trinajstić information content (AvgIpc) is 2.96. The molecule has 1 aliphatic carbocycles. The van der Waals surface area contributed by atoms with Crippen molar-refractivity contribution < 1.29 is 0 Å². The van der Waals surface area contributed by atoms with Crippen LogP contribution in [-0.4, -0.2) is 16.8 Å². The van der Waals surface area contributed by atoms with Gasteiger partial charge in [-0.1, -0.05) is 24.3 Å². The summed E-state index contributed by atoms with van der Waals surface area (Å²) < 4.78 is 1.88. The van der Waals surface area contributed by atoms with E-state index >= 15 is 0 Å². The van der Waals surface area contributed by atoms with E-state index in [4.69, 9.17) is 0 Å². The van der Waals surface area contributed by atoms with E-state index in [1.54, 1.807) is 0 Å². The van der Waals surface area contributed by atoms with Crippen molar-refractivity contribution in [2.45, 2.75) is 18.9 Å². The van der Waals surface area contributed by atoms with E-state index in [9.17, 15) is 0 Å². The molecule has 0 radical (unpaired) electrons. The molecule has 0 fully saturated rings. The topological polar surface area (TPSA) is 29.9 Å². The van der Waals surface area contributed by atoms with Crippen molar-refractivity contribution in [1.29, 1.82) is 0 Å². The highest BCUT2D eigenvalue weighted by molar-refractivity contribution is 5.33. The van der Waals surface area contributed by atoms with E-state index < -0.39 is 0 Å². The third kappa shape index (κ3) is 1.95. The van der Waals surface area contributed by atoms with E-state index in [0.717, 1.165) is 12.8 Å². The van der Waals surface area contributed by atoms with Gasteiger partial charge in [0.2, 0.25) is 0 Å². The molecule has 0 aliphatic heterocycles. The van der Waals surface area contributed by atoms with Crippen LogP contribution in [0.2, 0.25) is 0 Å². The van der Waals surface area contributed by atoms with E-state index in [1.165, 1.54) is 16.7 Å². The Hall–Kier alpha value is -1.61. The van der Waals surface area contributed by atoms with Crippen LogP contribution >= 0.6 is 0 Å². The molecule has 3 rings (SSSR count). The van der Waals surface area contributed by atoms with Crippen LogP contribution in [0.15, 0.2) is 36.7 Å². The van der Waals surface area contributed by atoms with E-state index in [0.29, 0.717) is 12.0 Å². The summed E-state index contributed by atoms with van der Waals surface area (Å²) >= 11 is 0. The van der Waals surface area contributed by atoms with Crippen molar-refractivity contribution in [1.82, 2.24) is 15.1 Å². The van der Waals surface area contributed by atoms with E-state index in [1.807, 2.05) is 25.0 Å². The van der Waals surface area contributed by atoms with Crippen molar-refractivity contribution in [2.24, 2.45) is 13.0 Å². The van der Waals surface area contributed by atoms with Gasteiger partial charge in [-0.3, -0.25) is 4.68 Å². The Balaban J connectivity index is 1.83. The molecular weight excluding hydrogens is 222 g/mol. The summed E-state index contributed by atoms with van der Waals surface area (Å²) in [7, 11) is 4.01. The van der Waals surface area contributed by atoms with Gasteiger partial charge in [0.25, 0.3) is 0 Å². The molecule has 1 aliphatic rings. The first-order valence-corrected chi connectivity index (χ1v) is 6.50. The largest absolute Gasteiger partial charge is 0.313 e. The summed E-state index contributed by atoms with van der Waals surface area (Å²) in [5.74, 6) is 0.636. The second kappa shape index (κ2) is 4.58. The minimum atomic E-state index is 0.395. The average molecular weight is 241 g/mol. The van der Waals surface area contributed by atoms with E-state index in [-0.39, 0.29) is 0 Å². The molecule has 0 spiro atoms. The van der Waals surface area contributed by atoms with E-state index in [2.05, 4.69) is 40.9 Å². The van der Waals surface area contributed by atoms with Gasteiger partial charge in [0.05, 0.1) is 6.20 Å². The van der Waals surface area contributed by atoms with Crippen molar-refractivity contribution >= 4 is 0 Å². The van der Waals surface area contributed by atoms with Gasteiger partial charge >= 0.3 is 0 Å². The Morgan fingerprint density at radius 1 is 1.28 bits per heavy atom. The number of hydrogen-bond donors (Lipinski definition) is 1. The Morgan fingerprint density at radius 3 is 2.44 bits per heavy atom. The smallest absolute Gasteiger partial charge is 0.0537 e. The number of nitrogens with zero attached hydrogens (tertiary/aromatic N) is 2. The van der Waals surface area contributed by atoms with Gasteiger partial charge < -0.3 is 5.32 Å². The first-order valence-electron chi connectivity index (χ1n) is 6.50. The quantitative estimate of drug-likeness (QED) is 0.892. The Labute approximate surface area is 108 Å². The summed E-state index contributed by atoms with van der Waals surface area (Å²) in [4.78, 5) is 0. The van der Waals surface area contributed by atoms with Crippen LogP contribution in [0, 0.1) is 5.92 Å². The standard InChI is InChI=1S/C15H19N3/c1-16-15(14-9-17-18(2)10-14)13-7-11-5-3-4-6-12(11)8-13/h3-6,9-10,13,15-16H,7-8H2,1-2H3. The van der Waals surface area contributed by atoms with Gasteiger partial charge in [0, 0.05) is 24.8 Å². The molecule has 3 nitrogen and oxygen atoms in total. The zero-order chi connectivity index (χ0) is 12.5. The van der Waals surface area contributed by atoms with Gasteiger partial charge in [-0.05, 0) is 36.9 Å². The van der Waals surface area contributed by atoms with Crippen LogP contribution in [0.4, 0.5) is 0 Å². The number of rotatable bonds is 3. The molecule has 2 aromatic rings. The first kappa shape index (κ1) is 11.5. The lowest BCUT2D eigenvalue weighted by Crippen LogP contribution is -2.25. The highest BCUT2D eigenvalue weighted by atomic mass is 15.2. The fraction of sp³-hybridized carbons (Fsp3) is 0.400. The molecule has 1 aromatic carbocycles. The maximum Gasteiger partial charge on any atom is 0.0537 e. The second-order valence-corrected chi connectivity index (χ2v) is 5.15. The lowest BCUT2D eigenvalue weighted by molar-refractivity contribution is 0.397. The molecule has 0 saturated carbocycles. The molecule has 0 amide bonds. The third-order valence-electron chi connectivity index (χ3n) is 3.95. The van der Waals surface area contributed by atoms with Crippen molar-refractivity contribution in [3.63, 3.8) is 0 Å². The highest BCUT2D eigenvalue weighted by Crippen LogP contribution is 2.34. The summed E-state index contributed by atoms with van der Waals surface area (Å²) in [6, 6.07) is 9.18. The highest BCUT2D eigenvalue weighted by Gasteiger charge is 2.29. The molecule has 18 heavy (non-hydrogen) atoms. The van der Waals surface area contributed by atoms with Crippen LogP contribution in [0.5, 0.6) is 0 Å². The molecule has 1 heterocycles. The predicted molar refractivity (Wildman–Crippen MR) is 72.3 cm³/mol. The summed E-state index contributed by atoms with van der Waals surface area (Å²) in [6.07, 6.45) is 6.42.